The molecule has 0 saturated carbocycles. The Balaban J connectivity index is 1.31. The van der Waals surface area contributed by atoms with Crippen molar-refractivity contribution in [1.29, 1.82) is 0 Å². The van der Waals surface area contributed by atoms with Crippen molar-refractivity contribution in [3.63, 3.8) is 0 Å². The van der Waals surface area contributed by atoms with Crippen LogP contribution in [0.3, 0.4) is 0 Å². The molecule has 9 heteroatoms. The summed E-state index contributed by atoms with van der Waals surface area (Å²) in [7, 11) is 1.88. The number of carbonyl (C=O) groups excluding carboxylic acids is 1. The highest BCUT2D eigenvalue weighted by Gasteiger charge is 2.19. The van der Waals surface area contributed by atoms with Crippen LogP contribution < -0.4 is 10.1 Å². The second kappa shape index (κ2) is 10.8. The first-order valence-corrected chi connectivity index (χ1v) is 13.6. The summed E-state index contributed by atoms with van der Waals surface area (Å²) < 4.78 is 7.96. The van der Waals surface area contributed by atoms with Crippen LogP contribution in [0.25, 0.3) is 11.3 Å². The Kier molecular flexibility index (Phi) is 7.80. The molecule has 0 saturated heterocycles. The first kappa shape index (κ1) is 25.9. The summed E-state index contributed by atoms with van der Waals surface area (Å²) >= 11 is 2.74. The molecule has 0 spiro atoms. The maximum absolute atomic E-state index is 12.5. The van der Waals surface area contributed by atoms with Gasteiger partial charge in [0.15, 0.2) is 22.2 Å². The molecule has 2 aromatic heterocycles. The van der Waals surface area contributed by atoms with E-state index in [1.54, 1.807) is 0 Å². The van der Waals surface area contributed by atoms with Gasteiger partial charge in [0.25, 0.3) is 0 Å². The van der Waals surface area contributed by atoms with E-state index in [2.05, 4.69) is 53.4 Å². The number of rotatable bonds is 8. The van der Waals surface area contributed by atoms with Crippen LogP contribution in [0.2, 0.25) is 0 Å². The first-order valence-electron chi connectivity index (χ1n) is 11.7. The van der Waals surface area contributed by atoms with Crippen LogP contribution in [0.15, 0.2) is 59.1 Å². The minimum atomic E-state index is -0.290. The molecule has 2 heterocycles. The smallest absolute Gasteiger partial charge is 0.236 e. The van der Waals surface area contributed by atoms with Gasteiger partial charge in [0.1, 0.15) is 5.75 Å². The lowest BCUT2D eigenvalue weighted by atomic mass is 9.87. The summed E-state index contributed by atoms with van der Waals surface area (Å²) in [5.74, 6) is 1.54. The molecule has 1 unspecified atom stereocenters. The van der Waals surface area contributed by atoms with Crippen molar-refractivity contribution in [3.8, 4) is 17.0 Å². The Morgan fingerprint density at radius 3 is 2.47 bits per heavy atom. The average Bonchev–Trinajstić information content (AvgIpc) is 3.44. The molecule has 0 aliphatic heterocycles. The van der Waals surface area contributed by atoms with E-state index in [1.807, 2.05) is 67.2 Å². The molecule has 0 radical (unpaired) electrons. The number of ether oxygens (including phenoxy) is 1. The number of amides is 1. The molecule has 2 aromatic carbocycles. The minimum absolute atomic E-state index is 0.0924. The third kappa shape index (κ3) is 6.33. The van der Waals surface area contributed by atoms with E-state index in [0.29, 0.717) is 16.1 Å². The van der Waals surface area contributed by atoms with Crippen molar-refractivity contribution in [2.24, 2.45) is 7.05 Å². The minimum Gasteiger partial charge on any atom is -0.483 e. The molecule has 4 aromatic rings. The van der Waals surface area contributed by atoms with Crippen molar-refractivity contribution >= 4 is 34.1 Å². The van der Waals surface area contributed by atoms with Crippen LogP contribution in [-0.4, -0.2) is 31.4 Å². The van der Waals surface area contributed by atoms with E-state index in [1.165, 1.54) is 34.2 Å². The number of aromatic nitrogens is 4. The molecular weight excluding hydrogens is 490 g/mol. The summed E-state index contributed by atoms with van der Waals surface area (Å²) in [5, 5.41) is 14.6. The molecule has 0 fully saturated rings. The second-order valence-corrected chi connectivity index (χ2v) is 11.5. The molecule has 1 amide bonds. The Bertz CT molecular complexity index is 1320. The molecule has 4 rings (SSSR count). The van der Waals surface area contributed by atoms with Crippen molar-refractivity contribution in [1.82, 2.24) is 19.7 Å². The van der Waals surface area contributed by atoms with Crippen LogP contribution >= 0.6 is 23.1 Å². The van der Waals surface area contributed by atoms with Crippen LogP contribution in [0.5, 0.6) is 5.75 Å². The SMILES string of the molecule is Cc1ccc(-c2csc(NC(=O)CSc3nnc(C(C)Oc4ccc(C(C)(C)C)cc4)n3C)n2)cc1. The quantitative estimate of drug-likeness (QED) is 0.270. The Labute approximate surface area is 220 Å². The van der Waals surface area contributed by atoms with Gasteiger partial charge < -0.3 is 14.6 Å². The number of nitrogens with zero attached hydrogens (tertiary/aromatic N) is 4. The highest BCUT2D eigenvalue weighted by molar-refractivity contribution is 7.99. The average molecular weight is 522 g/mol. The lowest BCUT2D eigenvalue weighted by Crippen LogP contribution is -2.14. The highest BCUT2D eigenvalue weighted by atomic mass is 32.2. The van der Waals surface area contributed by atoms with Gasteiger partial charge in [-0.1, -0.05) is 74.5 Å². The van der Waals surface area contributed by atoms with E-state index in [-0.39, 0.29) is 23.2 Å². The molecule has 7 nitrogen and oxygen atoms in total. The monoisotopic (exact) mass is 521 g/mol. The number of benzene rings is 2. The maximum atomic E-state index is 12.5. The molecule has 0 aliphatic rings. The Morgan fingerprint density at radius 1 is 1.11 bits per heavy atom. The summed E-state index contributed by atoms with van der Waals surface area (Å²) in [5.41, 5.74) is 4.42. The molecule has 0 bridgehead atoms. The molecule has 0 aliphatic carbocycles. The number of hydrogen-bond acceptors (Lipinski definition) is 7. The van der Waals surface area contributed by atoms with Crippen LogP contribution in [0.1, 0.15) is 50.8 Å². The standard InChI is InChI=1S/C27H31N5O2S2/c1-17-7-9-19(10-8-17)22-15-35-25(28-22)29-23(33)16-36-26-31-30-24(32(26)6)18(2)34-21-13-11-20(12-14-21)27(3,4)5/h7-15,18H,16H2,1-6H3,(H,28,29,33). The zero-order valence-electron chi connectivity index (χ0n) is 21.4. The summed E-state index contributed by atoms with van der Waals surface area (Å²) in [6, 6.07) is 16.3. The van der Waals surface area contributed by atoms with Crippen molar-refractivity contribution < 1.29 is 9.53 Å². The topological polar surface area (TPSA) is 81.9 Å². The zero-order chi connectivity index (χ0) is 25.9. The number of nitrogens with one attached hydrogen (secondary N) is 1. The fourth-order valence-corrected chi connectivity index (χ4v) is 5.02. The predicted molar refractivity (Wildman–Crippen MR) is 147 cm³/mol. The second-order valence-electron chi connectivity index (χ2n) is 9.68. The zero-order valence-corrected chi connectivity index (χ0v) is 23.0. The number of aryl methyl sites for hydroxylation is 1. The largest absolute Gasteiger partial charge is 0.483 e. The first-order chi connectivity index (χ1) is 17.1. The van der Waals surface area contributed by atoms with Gasteiger partial charge in [0, 0.05) is 18.0 Å². The van der Waals surface area contributed by atoms with Gasteiger partial charge in [-0.05, 0) is 37.0 Å². The molecule has 1 N–H and O–H groups in total. The number of anilines is 1. The molecular formula is C27H31N5O2S2. The number of carbonyl (C=O) groups is 1. The molecule has 188 valence electrons. The Hall–Kier alpha value is -3.17. The predicted octanol–water partition coefficient (Wildman–Crippen LogP) is 6.42. The van der Waals surface area contributed by atoms with E-state index < -0.39 is 0 Å². The highest BCUT2D eigenvalue weighted by Crippen LogP contribution is 2.28. The van der Waals surface area contributed by atoms with Crippen molar-refractivity contribution in [2.45, 2.75) is 51.3 Å². The van der Waals surface area contributed by atoms with E-state index in [9.17, 15) is 4.79 Å². The fourth-order valence-electron chi connectivity index (χ4n) is 3.57. The van der Waals surface area contributed by atoms with E-state index >= 15 is 0 Å². The van der Waals surface area contributed by atoms with Gasteiger partial charge in [-0.15, -0.1) is 21.5 Å². The maximum Gasteiger partial charge on any atom is 0.236 e. The Morgan fingerprint density at radius 2 is 1.81 bits per heavy atom. The number of thiazole rings is 1. The summed E-state index contributed by atoms with van der Waals surface area (Å²) in [6.45, 7) is 10.5. The summed E-state index contributed by atoms with van der Waals surface area (Å²) in [4.78, 5) is 17.1. The third-order valence-electron chi connectivity index (χ3n) is 5.70. The van der Waals surface area contributed by atoms with Crippen molar-refractivity contribution in [3.05, 3.63) is 70.9 Å². The van der Waals surface area contributed by atoms with Crippen LogP contribution in [-0.2, 0) is 17.3 Å². The van der Waals surface area contributed by atoms with Gasteiger partial charge in [-0.25, -0.2) is 4.98 Å². The van der Waals surface area contributed by atoms with Crippen LogP contribution in [0, 0.1) is 6.92 Å². The van der Waals surface area contributed by atoms with Crippen LogP contribution in [0.4, 0.5) is 5.13 Å². The number of thioether (sulfide) groups is 1. The normalized spacial score (nSPS) is 12.4. The van der Waals surface area contributed by atoms with Gasteiger partial charge in [-0.3, -0.25) is 4.79 Å². The molecule has 36 heavy (non-hydrogen) atoms. The number of hydrogen-bond donors (Lipinski definition) is 1. The lowest BCUT2D eigenvalue weighted by Gasteiger charge is -2.20. The van der Waals surface area contributed by atoms with Gasteiger partial charge >= 0.3 is 0 Å². The lowest BCUT2D eigenvalue weighted by molar-refractivity contribution is -0.113. The fraction of sp³-hybridized carbons (Fsp3) is 0.333. The third-order valence-corrected chi connectivity index (χ3v) is 7.47. The van der Waals surface area contributed by atoms with E-state index in [4.69, 9.17) is 4.74 Å². The van der Waals surface area contributed by atoms with Crippen molar-refractivity contribution in [2.75, 3.05) is 11.1 Å². The summed E-state index contributed by atoms with van der Waals surface area (Å²) in [6.07, 6.45) is -0.290. The van der Waals surface area contributed by atoms with Gasteiger partial charge in [0.2, 0.25) is 5.91 Å². The van der Waals surface area contributed by atoms with Gasteiger partial charge in [-0.2, -0.15) is 0 Å². The van der Waals surface area contributed by atoms with E-state index in [0.717, 1.165) is 17.0 Å². The molecule has 1 atom stereocenters. The van der Waals surface area contributed by atoms with Gasteiger partial charge in [0.05, 0.1) is 11.4 Å².